The summed E-state index contributed by atoms with van der Waals surface area (Å²) in [4.78, 5) is 28.6. The Kier molecular flexibility index (Phi) is 9.67. The quantitative estimate of drug-likeness (QED) is 0.429. The molecular weight excluding hydrogens is 412 g/mol. The Bertz CT molecular complexity index is 978. The first-order valence-electron chi connectivity index (χ1n) is 11.3. The largest absolute Gasteiger partial charge is 0.385 e. The van der Waals surface area contributed by atoms with Crippen LogP contribution in [0, 0.1) is 0 Å². The summed E-state index contributed by atoms with van der Waals surface area (Å²) >= 11 is 0. The van der Waals surface area contributed by atoms with E-state index in [1.165, 1.54) is 0 Å². The molecule has 5 heteroatoms. The Hall–Kier alpha value is -3.44. The molecule has 1 N–H and O–H groups in total. The van der Waals surface area contributed by atoms with Crippen molar-refractivity contribution in [2.45, 2.75) is 31.8 Å². The predicted octanol–water partition coefficient (Wildman–Crippen LogP) is 4.02. The number of benzene rings is 3. The van der Waals surface area contributed by atoms with Crippen LogP contribution in [0.15, 0.2) is 91.0 Å². The standard InChI is InChI=1S/C28H32N2O3/c1-33-19-11-18-29-28(32)26(20-23-12-5-2-6-13-23)30(22-25-16-9-4-10-17-25)27(31)21-24-14-7-3-8-15-24/h2-10,12-17,26H,11,18-22H2,1H3,(H,29,32)/t26-/m1/s1. The first-order valence-corrected chi connectivity index (χ1v) is 11.3. The van der Waals surface area contributed by atoms with Crippen LogP contribution in [-0.2, 0) is 33.7 Å². The first kappa shape index (κ1) is 24.2. The van der Waals surface area contributed by atoms with E-state index < -0.39 is 6.04 Å². The summed E-state index contributed by atoms with van der Waals surface area (Å²) in [6.45, 7) is 1.45. The molecule has 0 unspecified atom stereocenters. The lowest BCUT2D eigenvalue weighted by Crippen LogP contribution is -2.51. The molecule has 0 saturated heterocycles. The molecular formula is C28H32N2O3. The van der Waals surface area contributed by atoms with Gasteiger partial charge in [-0.3, -0.25) is 9.59 Å². The molecule has 3 aromatic carbocycles. The van der Waals surface area contributed by atoms with Crippen LogP contribution in [0.5, 0.6) is 0 Å². The van der Waals surface area contributed by atoms with Crippen molar-refractivity contribution in [2.24, 2.45) is 0 Å². The third kappa shape index (κ3) is 7.88. The lowest BCUT2D eigenvalue weighted by molar-refractivity contribution is -0.140. The first-order chi connectivity index (χ1) is 16.2. The average Bonchev–Trinajstić information content (AvgIpc) is 2.85. The predicted molar refractivity (Wildman–Crippen MR) is 131 cm³/mol. The van der Waals surface area contributed by atoms with Crippen LogP contribution in [0.4, 0.5) is 0 Å². The van der Waals surface area contributed by atoms with Crippen LogP contribution in [0.25, 0.3) is 0 Å². The van der Waals surface area contributed by atoms with Crippen molar-refractivity contribution in [1.29, 1.82) is 0 Å². The van der Waals surface area contributed by atoms with E-state index in [0.29, 0.717) is 26.1 Å². The molecule has 33 heavy (non-hydrogen) atoms. The number of ether oxygens (including phenoxy) is 1. The Morgan fingerprint density at radius 1 is 0.818 bits per heavy atom. The van der Waals surface area contributed by atoms with Gasteiger partial charge in [-0.25, -0.2) is 0 Å². The fourth-order valence-corrected chi connectivity index (χ4v) is 3.75. The van der Waals surface area contributed by atoms with Gasteiger partial charge in [-0.2, -0.15) is 0 Å². The normalized spacial score (nSPS) is 11.5. The van der Waals surface area contributed by atoms with Crippen LogP contribution in [0.2, 0.25) is 0 Å². The van der Waals surface area contributed by atoms with Gasteiger partial charge in [-0.05, 0) is 23.1 Å². The third-order valence-corrected chi connectivity index (χ3v) is 5.49. The molecule has 0 aliphatic carbocycles. The molecule has 0 radical (unpaired) electrons. The zero-order valence-corrected chi connectivity index (χ0v) is 19.2. The fourth-order valence-electron chi connectivity index (χ4n) is 3.75. The summed E-state index contributed by atoms with van der Waals surface area (Å²) in [5.41, 5.74) is 2.93. The molecule has 172 valence electrons. The minimum atomic E-state index is -0.619. The summed E-state index contributed by atoms with van der Waals surface area (Å²) in [5.74, 6) is -0.217. The zero-order valence-electron chi connectivity index (χ0n) is 19.2. The number of hydrogen-bond donors (Lipinski definition) is 1. The highest BCUT2D eigenvalue weighted by Crippen LogP contribution is 2.16. The van der Waals surface area contributed by atoms with Crippen molar-refractivity contribution in [2.75, 3.05) is 20.3 Å². The molecule has 0 aromatic heterocycles. The molecule has 0 heterocycles. The molecule has 2 amide bonds. The Morgan fingerprint density at radius 2 is 1.36 bits per heavy atom. The zero-order chi connectivity index (χ0) is 23.3. The second-order valence-electron chi connectivity index (χ2n) is 8.01. The Labute approximate surface area is 196 Å². The van der Waals surface area contributed by atoms with E-state index >= 15 is 0 Å². The molecule has 3 aromatic rings. The van der Waals surface area contributed by atoms with Crippen molar-refractivity contribution in [3.63, 3.8) is 0 Å². The number of carbonyl (C=O) groups excluding carboxylic acids is 2. The topological polar surface area (TPSA) is 58.6 Å². The van der Waals surface area contributed by atoms with E-state index in [0.717, 1.165) is 23.1 Å². The molecule has 0 aliphatic rings. The molecule has 0 aliphatic heterocycles. The summed E-state index contributed by atoms with van der Waals surface area (Å²) in [5, 5.41) is 3.01. The monoisotopic (exact) mass is 444 g/mol. The van der Waals surface area contributed by atoms with Crippen molar-refractivity contribution < 1.29 is 14.3 Å². The highest BCUT2D eigenvalue weighted by Gasteiger charge is 2.30. The number of rotatable bonds is 12. The molecule has 1 atom stereocenters. The van der Waals surface area contributed by atoms with Gasteiger partial charge in [-0.1, -0.05) is 91.0 Å². The lowest BCUT2D eigenvalue weighted by atomic mass is 10.0. The lowest BCUT2D eigenvalue weighted by Gasteiger charge is -2.31. The summed E-state index contributed by atoms with van der Waals surface area (Å²) in [6, 6.07) is 28.7. The smallest absolute Gasteiger partial charge is 0.243 e. The molecule has 0 saturated carbocycles. The van der Waals surface area contributed by atoms with Gasteiger partial charge in [0.05, 0.1) is 6.42 Å². The van der Waals surface area contributed by atoms with Gasteiger partial charge in [0.25, 0.3) is 0 Å². The second-order valence-corrected chi connectivity index (χ2v) is 8.01. The molecule has 0 bridgehead atoms. The fraction of sp³-hybridized carbons (Fsp3) is 0.286. The number of nitrogens with one attached hydrogen (secondary N) is 1. The van der Waals surface area contributed by atoms with E-state index in [1.807, 2.05) is 91.0 Å². The van der Waals surface area contributed by atoms with Crippen molar-refractivity contribution in [3.05, 3.63) is 108 Å². The summed E-state index contributed by atoms with van der Waals surface area (Å²) < 4.78 is 5.10. The van der Waals surface area contributed by atoms with Crippen LogP contribution < -0.4 is 5.32 Å². The molecule has 0 spiro atoms. The number of nitrogens with zero attached hydrogens (tertiary/aromatic N) is 1. The Morgan fingerprint density at radius 3 is 1.94 bits per heavy atom. The van der Waals surface area contributed by atoms with Gasteiger partial charge in [0.2, 0.25) is 11.8 Å². The maximum Gasteiger partial charge on any atom is 0.243 e. The number of hydrogen-bond acceptors (Lipinski definition) is 3. The maximum absolute atomic E-state index is 13.6. The van der Waals surface area contributed by atoms with Crippen LogP contribution in [0.3, 0.4) is 0 Å². The number of amides is 2. The van der Waals surface area contributed by atoms with Crippen LogP contribution >= 0.6 is 0 Å². The van der Waals surface area contributed by atoms with Gasteiger partial charge < -0.3 is 15.0 Å². The minimum Gasteiger partial charge on any atom is -0.385 e. The van der Waals surface area contributed by atoms with E-state index in [9.17, 15) is 9.59 Å². The highest BCUT2D eigenvalue weighted by atomic mass is 16.5. The van der Waals surface area contributed by atoms with E-state index in [1.54, 1.807) is 12.0 Å². The molecule has 0 fully saturated rings. The number of carbonyl (C=O) groups is 2. The van der Waals surface area contributed by atoms with Gasteiger partial charge in [0.15, 0.2) is 0 Å². The summed E-state index contributed by atoms with van der Waals surface area (Å²) in [6.07, 6.45) is 1.41. The van der Waals surface area contributed by atoms with Crippen LogP contribution in [0.1, 0.15) is 23.1 Å². The average molecular weight is 445 g/mol. The number of methoxy groups -OCH3 is 1. The Balaban J connectivity index is 1.88. The van der Waals surface area contributed by atoms with E-state index in [4.69, 9.17) is 4.74 Å². The van der Waals surface area contributed by atoms with Crippen molar-refractivity contribution in [3.8, 4) is 0 Å². The second kappa shape index (κ2) is 13.2. The third-order valence-electron chi connectivity index (χ3n) is 5.49. The van der Waals surface area contributed by atoms with Crippen molar-refractivity contribution >= 4 is 11.8 Å². The SMILES string of the molecule is COCCCNC(=O)[C@@H](Cc1ccccc1)N(Cc1ccccc1)C(=O)Cc1ccccc1. The van der Waals surface area contributed by atoms with Crippen molar-refractivity contribution in [1.82, 2.24) is 10.2 Å². The van der Waals surface area contributed by atoms with Gasteiger partial charge in [0.1, 0.15) is 6.04 Å². The minimum absolute atomic E-state index is 0.0713. The van der Waals surface area contributed by atoms with Gasteiger partial charge in [0, 0.05) is 33.2 Å². The molecule has 5 nitrogen and oxygen atoms in total. The molecule has 3 rings (SSSR count). The van der Waals surface area contributed by atoms with E-state index in [-0.39, 0.29) is 18.2 Å². The van der Waals surface area contributed by atoms with E-state index in [2.05, 4.69) is 5.32 Å². The maximum atomic E-state index is 13.6. The van der Waals surface area contributed by atoms with Gasteiger partial charge >= 0.3 is 0 Å². The summed E-state index contributed by atoms with van der Waals surface area (Å²) in [7, 11) is 1.64. The van der Waals surface area contributed by atoms with Gasteiger partial charge in [-0.15, -0.1) is 0 Å². The van der Waals surface area contributed by atoms with Crippen LogP contribution in [-0.4, -0.2) is 43.0 Å². The highest BCUT2D eigenvalue weighted by molar-refractivity contribution is 5.88.